The number of nitrogens with one attached hydrogen (secondary N) is 1. The Morgan fingerprint density at radius 2 is 2.00 bits per heavy atom. The third kappa shape index (κ3) is 4.30. The molecule has 1 aliphatic heterocycles. The molecule has 3 heterocycles. The van der Waals surface area contributed by atoms with Gasteiger partial charge in [-0.2, -0.15) is 0 Å². The number of hydrogen-bond acceptors (Lipinski definition) is 5. The molecular weight excluding hydrogens is 422 g/mol. The first kappa shape index (κ1) is 22.4. The largest absolute Gasteiger partial charge is 0.497 e. The molecule has 9 nitrogen and oxygen atoms in total. The maximum absolute atomic E-state index is 13.2. The number of ether oxygens (including phenoxy) is 2. The van der Waals surface area contributed by atoms with Crippen LogP contribution in [0, 0.1) is 0 Å². The van der Waals surface area contributed by atoms with Gasteiger partial charge in [0.25, 0.3) is 5.91 Å². The number of pyridine rings is 1. The summed E-state index contributed by atoms with van der Waals surface area (Å²) < 4.78 is 12.6. The van der Waals surface area contributed by atoms with Crippen molar-refractivity contribution in [3.8, 4) is 11.5 Å². The SMILES string of the molecule is COc1ccc(OC)c(CNC(=O)c2nc([C@H]3CCCN3C(=O)N(C)C)n3ccccc23)c1. The zero-order chi connectivity index (χ0) is 23.5. The maximum Gasteiger partial charge on any atom is 0.320 e. The van der Waals surface area contributed by atoms with Gasteiger partial charge < -0.3 is 29.0 Å². The number of nitrogens with zero attached hydrogens (tertiary/aromatic N) is 4. The Hall–Kier alpha value is -3.75. The van der Waals surface area contributed by atoms with E-state index in [9.17, 15) is 9.59 Å². The molecule has 0 saturated carbocycles. The average molecular weight is 452 g/mol. The Kier molecular flexibility index (Phi) is 6.39. The summed E-state index contributed by atoms with van der Waals surface area (Å²) in [4.78, 5) is 34.0. The van der Waals surface area contributed by atoms with E-state index in [4.69, 9.17) is 14.5 Å². The minimum absolute atomic E-state index is 0.0543. The molecule has 1 aromatic carbocycles. The van der Waals surface area contributed by atoms with Crippen molar-refractivity contribution in [1.29, 1.82) is 0 Å². The van der Waals surface area contributed by atoms with Gasteiger partial charge in [-0.3, -0.25) is 4.79 Å². The van der Waals surface area contributed by atoms with Crippen LogP contribution in [-0.2, 0) is 6.54 Å². The highest BCUT2D eigenvalue weighted by molar-refractivity contribution is 5.99. The Morgan fingerprint density at radius 3 is 2.73 bits per heavy atom. The number of aromatic nitrogens is 2. The lowest BCUT2D eigenvalue weighted by atomic mass is 10.2. The molecular formula is C24H29N5O4. The number of amides is 3. The molecule has 1 fully saturated rings. The summed E-state index contributed by atoms with van der Waals surface area (Å²) in [5.41, 5.74) is 1.83. The summed E-state index contributed by atoms with van der Waals surface area (Å²) in [6.45, 7) is 0.926. The summed E-state index contributed by atoms with van der Waals surface area (Å²) >= 11 is 0. The summed E-state index contributed by atoms with van der Waals surface area (Å²) in [6, 6.07) is 10.8. The number of benzene rings is 1. The van der Waals surface area contributed by atoms with Crippen molar-refractivity contribution in [3.63, 3.8) is 0 Å². The van der Waals surface area contributed by atoms with Crippen molar-refractivity contribution < 1.29 is 19.1 Å². The third-order valence-corrected chi connectivity index (χ3v) is 5.90. The van der Waals surface area contributed by atoms with Crippen molar-refractivity contribution in [2.75, 3.05) is 34.9 Å². The molecule has 2 aromatic heterocycles. The van der Waals surface area contributed by atoms with Gasteiger partial charge in [0.15, 0.2) is 5.69 Å². The molecule has 3 aromatic rings. The van der Waals surface area contributed by atoms with Crippen LogP contribution in [0.25, 0.3) is 5.52 Å². The minimum atomic E-state index is -0.293. The number of imidazole rings is 1. The summed E-state index contributed by atoms with van der Waals surface area (Å²) in [5, 5.41) is 2.95. The van der Waals surface area contributed by atoms with E-state index in [1.807, 2.05) is 45.8 Å². The number of methoxy groups -OCH3 is 2. The number of hydrogen-bond donors (Lipinski definition) is 1. The van der Waals surface area contributed by atoms with Crippen molar-refractivity contribution in [2.45, 2.75) is 25.4 Å². The monoisotopic (exact) mass is 451 g/mol. The lowest BCUT2D eigenvalue weighted by Crippen LogP contribution is -2.39. The average Bonchev–Trinajstić information content (AvgIpc) is 3.46. The number of rotatable bonds is 6. The minimum Gasteiger partial charge on any atom is -0.497 e. The summed E-state index contributed by atoms with van der Waals surface area (Å²) in [6.07, 6.45) is 3.58. The number of likely N-dealkylation sites (tertiary alicyclic amines) is 1. The maximum atomic E-state index is 13.2. The zero-order valence-corrected chi connectivity index (χ0v) is 19.4. The quantitative estimate of drug-likeness (QED) is 0.622. The highest BCUT2D eigenvalue weighted by atomic mass is 16.5. The van der Waals surface area contributed by atoms with E-state index in [1.165, 1.54) is 0 Å². The van der Waals surface area contributed by atoms with Crippen LogP contribution in [-0.4, -0.2) is 66.0 Å². The second-order valence-electron chi connectivity index (χ2n) is 8.16. The second-order valence-corrected chi connectivity index (χ2v) is 8.16. The predicted molar refractivity (Wildman–Crippen MR) is 124 cm³/mol. The molecule has 1 atom stereocenters. The lowest BCUT2D eigenvalue weighted by molar-refractivity contribution is 0.0947. The molecule has 0 unspecified atom stereocenters. The van der Waals surface area contributed by atoms with Crippen molar-refractivity contribution in [3.05, 3.63) is 59.7 Å². The fourth-order valence-corrected chi connectivity index (χ4v) is 4.26. The highest BCUT2D eigenvalue weighted by Gasteiger charge is 2.35. The number of urea groups is 1. The van der Waals surface area contributed by atoms with Gasteiger partial charge in [0, 0.05) is 38.9 Å². The van der Waals surface area contributed by atoms with Crippen LogP contribution in [0.15, 0.2) is 42.6 Å². The Labute approximate surface area is 192 Å². The number of carbonyl (C=O) groups excluding carboxylic acids is 2. The van der Waals surface area contributed by atoms with Gasteiger partial charge in [-0.1, -0.05) is 6.07 Å². The standard InChI is InChI=1S/C24H29N5O4/c1-27(2)24(31)29-13-7-9-19(29)22-26-21(18-8-5-6-12-28(18)22)23(30)25-15-16-14-17(32-3)10-11-20(16)33-4/h5-6,8,10-12,14,19H,7,9,13,15H2,1-4H3,(H,25,30)/t19-/m1/s1. The van der Waals surface area contributed by atoms with Crippen LogP contribution in [0.1, 0.15) is 40.8 Å². The number of fused-ring (bicyclic) bond motifs is 1. The molecule has 0 spiro atoms. The first-order valence-electron chi connectivity index (χ1n) is 10.9. The molecule has 174 valence electrons. The van der Waals surface area contributed by atoms with E-state index in [2.05, 4.69) is 5.32 Å². The van der Waals surface area contributed by atoms with Crippen molar-refractivity contribution in [1.82, 2.24) is 24.5 Å². The van der Waals surface area contributed by atoms with Crippen LogP contribution < -0.4 is 14.8 Å². The predicted octanol–water partition coefficient (Wildman–Crippen LogP) is 3.10. The first-order chi connectivity index (χ1) is 15.9. The van der Waals surface area contributed by atoms with Crippen LogP contribution in [0.4, 0.5) is 4.79 Å². The fraction of sp³-hybridized carbons (Fsp3) is 0.375. The summed E-state index contributed by atoms with van der Waals surface area (Å²) in [7, 11) is 6.67. The smallest absolute Gasteiger partial charge is 0.320 e. The van der Waals surface area contributed by atoms with Crippen LogP contribution in [0.5, 0.6) is 11.5 Å². The van der Waals surface area contributed by atoms with E-state index in [0.717, 1.165) is 18.4 Å². The molecule has 4 rings (SSSR count). The molecule has 1 saturated heterocycles. The van der Waals surface area contributed by atoms with E-state index in [-0.39, 0.29) is 24.5 Å². The number of carbonyl (C=O) groups is 2. The van der Waals surface area contributed by atoms with Gasteiger partial charge in [-0.25, -0.2) is 9.78 Å². The molecule has 3 amide bonds. The zero-order valence-electron chi connectivity index (χ0n) is 19.4. The van der Waals surface area contributed by atoms with Crippen LogP contribution in [0.3, 0.4) is 0 Å². The van der Waals surface area contributed by atoms with E-state index < -0.39 is 0 Å². The van der Waals surface area contributed by atoms with Gasteiger partial charge in [-0.05, 0) is 43.2 Å². The normalized spacial score (nSPS) is 15.5. The van der Waals surface area contributed by atoms with E-state index in [1.54, 1.807) is 39.3 Å². The van der Waals surface area contributed by atoms with E-state index >= 15 is 0 Å². The summed E-state index contributed by atoms with van der Waals surface area (Å²) in [5.74, 6) is 1.75. The van der Waals surface area contributed by atoms with Gasteiger partial charge in [0.05, 0.1) is 25.8 Å². The molecule has 0 radical (unpaired) electrons. The molecule has 9 heteroatoms. The topological polar surface area (TPSA) is 88.4 Å². The van der Waals surface area contributed by atoms with Gasteiger partial charge in [0.2, 0.25) is 0 Å². The fourth-order valence-electron chi connectivity index (χ4n) is 4.26. The molecule has 33 heavy (non-hydrogen) atoms. The lowest BCUT2D eigenvalue weighted by Gasteiger charge is -2.27. The molecule has 1 aliphatic rings. The Balaban J connectivity index is 1.63. The Bertz CT molecular complexity index is 1170. The van der Waals surface area contributed by atoms with Crippen LogP contribution in [0.2, 0.25) is 0 Å². The van der Waals surface area contributed by atoms with Gasteiger partial charge in [0.1, 0.15) is 17.3 Å². The first-order valence-corrected chi connectivity index (χ1v) is 10.9. The van der Waals surface area contributed by atoms with Gasteiger partial charge in [-0.15, -0.1) is 0 Å². The van der Waals surface area contributed by atoms with Gasteiger partial charge >= 0.3 is 6.03 Å². The molecule has 0 aliphatic carbocycles. The van der Waals surface area contributed by atoms with Crippen molar-refractivity contribution in [2.24, 2.45) is 0 Å². The van der Waals surface area contributed by atoms with Crippen LogP contribution >= 0.6 is 0 Å². The second kappa shape index (κ2) is 9.40. The molecule has 0 bridgehead atoms. The highest BCUT2D eigenvalue weighted by Crippen LogP contribution is 2.33. The Morgan fingerprint density at radius 1 is 1.18 bits per heavy atom. The third-order valence-electron chi connectivity index (χ3n) is 5.90. The van der Waals surface area contributed by atoms with E-state index in [0.29, 0.717) is 35.1 Å². The molecule has 1 N–H and O–H groups in total. The van der Waals surface area contributed by atoms with Crippen molar-refractivity contribution >= 4 is 17.5 Å².